The van der Waals surface area contributed by atoms with E-state index in [-0.39, 0.29) is 17.1 Å². The van der Waals surface area contributed by atoms with Crippen molar-refractivity contribution in [1.82, 2.24) is 4.98 Å². The summed E-state index contributed by atoms with van der Waals surface area (Å²) in [6.07, 6.45) is 0.992. The van der Waals surface area contributed by atoms with Gasteiger partial charge in [-0.15, -0.1) is 0 Å². The number of anilines is 2. The molecule has 0 saturated carbocycles. The molecule has 1 heterocycles. The topological polar surface area (TPSA) is 54.0 Å². The Hall–Kier alpha value is -2.50. The SMILES string of the molecule is CNc1ncc(F)cc1C(=O)Nc1ccccc1F. The zero-order valence-corrected chi connectivity index (χ0v) is 10.1. The molecule has 19 heavy (non-hydrogen) atoms. The van der Waals surface area contributed by atoms with Gasteiger partial charge < -0.3 is 10.6 Å². The molecule has 0 unspecified atom stereocenters. The number of carbonyl (C=O) groups is 1. The first kappa shape index (κ1) is 12.9. The molecule has 2 rings (SSSR count). The minimum atomic E-state index is -0.641. The molecule has 1 aromatic carbocycles. The smallest absolute Gasteiger partial charge is 0.259 e. The third kappa shape index (κ3) is 2.85. The summed E-state index contributed by atoms with van der Waals surface area (Å²) in [5, 5.41) is 5.04. The second-order valence-electron chi connectivity index (χ2n) is 3.73. The monoisotopic (exact) mass is 263 g/mol. The maximum absolute atomic E-state index is 13.4. The number of halogens is 2. The molecule has 2 aromatic rings. The quantitative estimate of drug-likeness (QED) is 0.895. The van der Waals surface area contributed by atoms with Crippen LogP contribution >= 0.6 is 0 Å². The van der Waals surface area contributed by atoms with Gasteiger partial charge in [-0.05, 0) is 18.2 Å². The molecule has 4 nitrogen and oxygen atoms in total. The van der Waals surface area contributed by atoms with Crippen LogP contribution in [0.4, 0.5) is 20.3 Å². The average molecular weight is 263 g/mol. The van der Waals surface area contributed by atoms with Gasteiger partial charge in [-0.1, -0.05) is 12.1 Å². The Labute approximate surface area is 108 Å². The zero-order valence-electron chi connectivity index (χ0n) is 10.1. The maximum atomic E-state index is 13.4. The van der Waals surface area contributed by atoms with Crippen molar-refractivity contribution in [3.63, 3.8) is 0 Å². The van der Waals surface area contributed by atoms with Gasteiger partial charge >= 0.3 is 0 Å². The van der Waals surface area contributed by atoms with Gasteiger partial charge in [0.15, 0.2) is 0 Å². The highest BCUT2D eigenvalue weighted by Gasteiger charge is 2.14. The number of nitrogens with one attached hydrogen (secondary N) is 2. The molecule has 0 aliphatic rings. The molecule has 2 N–H and O–H groups in total. The number of nitrogens with zero attached hydrogens (tertiary/aromatic N) is 1. The van der Waals surface area contributed by atoms with E-state index in [1.165, 1.54) is 18.2 Å². The minimum absolute atomic E-state index is 0.00533. The highest BCUT2D eigenvalue weighted by Crippen LogP contribution is 2.17. The molecule has 1 aromatic heterocycles. The molecule has 0 aliphatic heterocycles. The Bertz CT molecular complexity index is 617. The Kier molecular flexibility index (Phi) is 3.70. The first-order valence-electron chi connectivity index (χ1n) is 5.51. The molecule has 0 atom stereocenters. The van der Waals surface area contributed by atoms with E-state index in [0.717, 1.165) is 12.3 Å². The first-order chi connectivity index (χ1) is 9.11. The number of para-hydroxylation sites is 1. The van der Waals surface area contributed by atoms with Crippen molar-refractivity contribution in [2.24, 2.45) is 0 Å². The lowest BCUT2D eigenvalue weighted by atomic mass is 10.2. The van der Waals surface area contributed by atoms with Gasteiger partial charge in [0.1, 0.15) is 17.5 Å². The van der Waals surface area contributed by atoms with E-state index >= 15 is 0 Å². The van der Waals surface area contributed by atoms with Crippen molar-refractivity contribution in [3.05, 3.63) is 53.7 Å². The van der Waals surface area contributed by atoms with Gasteiger partial charge in [0.25, 0.3) is 5.91 Å². The zero-order chi connectivity index (χ0) is 13.8. The van der Waals surface area contributed by atoms with E-state index in [9.17, 15) is 13.6 Å². The molecule has 0 aliphatic carbocycles. The summed E-state index contributed by atoms with van der Waals surface area (Å²) in [5.74, 6) is -1.62. The van der Waals surface area contributed by atoms with E-state index in [0.29, 0.717) is 0 Å². The summed E-state index contributed by atoms with van der Waals surface area (Å²) in [5.41, 5.74) is 0.0320. The molecule has 0 fully saturated rings. The summed E-state index contributed by atoms with van der Waals surface area (Å²) in [7, 11) is 1.56. The standard InChI is InChI=1S/C13H11F2N3O/c1-16-12-9(6-8(14)7-17-12)13(19)18-11-5-3-2-4-10(11)15/h2-7H,1H3,(H,16,17)(H,18,19). The number of rotatable bonds is 3. The van der Waals surface area contributed by atoms with Crippen LogP contribution in [-0.4, -0.2) is 17.9 Å². The van der Waals surface area contributed by atoms with Crippen LogP contribution in [0.1, 0.15) is 10.4 Å². The number of carbonyl (C=O) groups excluding carboxylic acids is 1. The molecule has 1 amide bonds. The number of amides is 1. The van der Waals surface area contributed by atoms with Crippen molar-refractivity contribution < 1.29 is 13.6 Å². The molecule has 0 spiro atoms. The second-order valence-corrected chi connectivity index (χ2v) is 3.73. The largest absolute Gasteiger partial charge is 0.372 e. The third-order valence-electron chi connectivity index (χ3n) is 2.46. The predicted octanol–water partition coefficient (Wildman–Crippen LogP) is 2.65. The van der Waals surface area contributed by atoms with Crippen molar-refractivity contribution in [2.75, 3.05) is 17.7 Å². The van der Waals surface area contributed by atoms with Gasteiger partial charge in [0, 0.05) is 7.05 Å². The molecule has 0 radical (unpaired) electrons. The Morgan fingerprint density at radius 1 is 1.26 bits per heavy atom. The van der Waals surface area contributed by atoms with Crippen molar-refractivity contribution in [3.8, 4) is 0 Å². The van der Waals surface area contributed by atoms with Gasteiger partial charge in [-0.25, -0.2) is 13.8 Å². The molecular formula is C13H11F2N3O. The van der Waals surface area contributed by atoms with Crippen LogP contribution in [0.3, 0.4) is 0 Å². The number of benzene rings is 1. The summed E-state index contributed by atoms with van der Waals surface area (Å²) in [4.78, 5) is 15.7. The summed E-state index contributed by atoms with van der Waals surface area (Å²) in [6, 6.07) is 6.77. The average Bonchev–Trinajstić information content (AvgIpc) is 2.41. The normalized spacial score (nSPS) is 10.1. The third-order valence-corrected chi connectivity index (χ3v) is 2.46. The lowest BCUT2D eigenvalue weighted by Crippen LogP contribution is -2.16. The number of hydrogen-bond donors (Lipinski definition) is 2. The van der Waals surface area contributed by atoms with E-state index < -0.39 is 17.5 Å². The van der Waals surface area contributed by atoms with Gasteiger partial charge in [-0.3, -0.25) is 4.79 Å². The van der Waals surface area contributed by atoms with Crippen LogP contribution in [0.2, 0.25) is 0 Å². The van der Waals surface area contributed by atoms with Crippen molar-refractivity contribution >= 4 is 17.4 Å². The Morgan fingerprint density at radius 2 is 2.00 bits per heavy atom. The summed E-state index contributed by atoms with van der Waals surface area (Å²) in [6.45, 7) is 0. The van der Waals surface area contributed by atoms with Crippen molar-refractivity contribution in [1.29, 1.82) is 0 Å². The van der Waals surface area contributed by atoms with Crippen LogP contribution in [-0.2, 0) is 0 Å². The van der Waals surface area contributed by atoms with Gasteiger partial charge in [0.05, 0.1) is 17.4 Å². The second kappa shape index (κ2) is 5.43. The van der Waals surface area contributed by atoms with E-state index in [1.54, 1.807) is 13.1 Å². The molecule has 0 bridgehead atoms. The van der Waals surface area contributed by atoms with Crippen LogP contribution in [0, 0.1) is 11.6 Å². The van der Waals surface area contributed by atoms with Crippen LogP contribution in [0.5, 0.6) is 0 Å². The van der Waals surface area contributed by atoms with E-state index in [1.807, 2.05) is 0 Å². The molecule has 98 valence electrons. The summed E-state index contributed by atoms with van der Waals surface area (Å²) < 4.78 is 26.5. The van der Waals surface area contributed by atoms with Crippen LogP contribution in [0.25, 0.3) is 0 Å². The lowest BCUT2D eigenvalue weighted by molar-refractivity contribution is 0.102. The maximum Gasteiger partial charge on any atom is 0.259 e. The fourth-order valence-electron chi connectivity index (χ4n) is 1.56. The molecule has 0 saturated heterocycles. The van der Waals surface area contributed by atoms with E-state index in [4.69, 9.17) is 0 Å². The fraction of sp³-hybridized carbons (Fsp3) is 0.0769. The molecule has 6 heteroatoms. The van der Waals surface area contributed by atoms with Gasteiger partial charge in [-0.2, -0.15) is 0 Å². The Morgan fingerprint density at radius 3 is 2.68 bits per heavy atom. The Balaban J connectivity index is 2.30. The van der Waals surface area contributed by atoms with Crippen LogP contribution in [0.15, 0.2) is 36.5 Å². The highest BCUT2D eigenvalue weighted by atomic mass is 19.1. The minimum Gasteiger partial charge on any atom is -0.372 e. The lowest BCUT2D eigenvalue weighted by Gasteiger charge is -2.09. The summed E-state index contributed by atoms with van der Waals surface area (Å²) >= 11 is 0. The fourth-order valence-corrected chi connectivity index (χ4v) is 1.56. The predicted molar refractivity (Wildman–Crippen MR) is 68.1 cm³/mol. The number of pyridine rings is 1. The van der Waals surface area contributed by atoms with E-state index in [2.05, 4.69) is 15.6 Å². The first-order valence-corrected chi connectivity index (χ1v) is 5.51. The van der Waals surface area contributed by atoms with Crippen LogP contribution < -0.4 is 10.6 Å². The molecular weight excluding hydrogens is 252 g/mol. The highest BCUT2D eigenvalue weighted by molar-refractivity contribution is 6.07. The number of aromatic nitrogens is 1. The number of hydrogen-bond acceptors (Lipinski definition) is 3. The van der Waals surface area contributed by atoms with Crippen molar-refractivity contribution in [2.45, 2.75) is 0 Å². The van der Waals surface area contributed by atoms with Gasteiger partial charge in [0.2, 0.25) is 0 Å².